The number of nitrogens with zero attached hydrogens (tertiary/aromatic N) is 4. The third-order valence-corrected chi connectivity index (χ3v) is 5.38. The van der Waals surface area contributed by atoms with Gasteiger partial charge in [-0.15, -0.1) is 0 Å². The first-order chi connectivity index (χ1) is 14.5. The molecule has 1 fully saturated rings. The van der Waals surface area contributed by atoms with E-state index in [1.807, 2.05) is 12.1 Å². The highest BCUT2D eigenvalue weighted by atomic mass is 19.1. The summed E-state index contributed by atoms with van der Waals surface area (Å²) in [6, 6.07) is 13.0. The van der Waals surface area contributed by atoms with Gasteiger partial charge in [0.2, 0.25) is 5.95 Å². The lowest BCUT2D eigenvalue weighted by atomic mass is 10.0. The third-order valence-electron chi connectivity index (χ3n) is 5.38. The summed E-state index contributed by atoms with van der Waals surface area (Å²) in [6.07, 6.45) is 1.10. The Morgan fingerprint density at radius 3 is 2.53 bits per heavy atom. The van der Waals surface area contributed by atoms with Gasteiger partial charge in [-0.3, -0.25) is 4.90 Å². The van der Waals surface area contributed by atoms with E-state index in [4.69, 9.17) is 0 Å². The monoisotopic (exact) mass is 409 g/mol. The van der Waals surface area contributed by atoms with E-state index in [1.165, 1.54) is 11.6 Å². The molecule has 4 rings (SSSR count). The zero-order chi connectivity index (χ0) is 21.1. The van der Waals surface area contributed by atoms with Crippen molar-refractivity contribution in [3.8, 4) is 11.1 Å². The van der Waals surface area contributed by atoms with Gasteiger partial charge < -0.3 is 10.2 Å². The highest BCUT2D eigenvalue weighted by molar-refractivity contribution is 5.68. The molecule has 7 heteroatoms. The van der Waals surface area contributed by atoms with Crippen molar-refractivity contribution in [3.05, 3.63) is 71.6 Å². The molecule has 0 atom stereocenters. The molecule has 0 aliphatic carbocycles. The molecule has 0 unspecified atom stereocenters. The zero-order valence-electron chi connectivity index (χ0n) is 17.2. The number of rotatable bonds is 5. The van der Waals surface area contributed by atoms with Crippen LogP contribution in [0.2, 0.25) is 0 Å². The Morgan fingerprint density at radius 1 is 1.00 bits per heavy atom. The van der Waals surface area contributed by atoms with Crippen LogP contribution in [0.15, 0.2) is 48.7 Å². The molecule has 0 spiro atoms. The Balaban J connectivity index is 1.49. The first kappa shape index (κ1) is 20.4. The van der Waals surface area contributed by atoms with E-state index < -0.39 is 5.82 Å². The summed E-state index contributed by atoms with van der Waals surface area (Å²) in [7, 11) is 2.14. The summed E-state index contributed by atoms with van der Waals surface area (Å²) < 4.78 is 28.2. The number of benzene rings is 2. The number of likely N-dealkylation sites (N-methyl/N-ethyl adjacent to an activating group) is 1. The van der Waals surface area contributed by atoms with Crippen LogP contribution in [0.25, 0.3) is 11.1 Å². The molecular formula is C23H25F2N5. The summed E-state index contributed by atoms with van der Waals surface area (Å²) in [4.78, 5) is 12.7. The van der Waals surface area contributed by atoms with E-state index in [0.717, 1.165) is 44.5 Å². The SMILES string of the molecule is Cc1nc(Nc2ccc(-c3cccc(CN4CCN(C)CC4)c3)c(F)c2)ncc1F. The van der Waals surface area contributed by atoms with Crippen LogP contribution < -0.4 is 5.32 Å². The molecule has 2 aromatic carbocycles. The molecule has 0 saturated carbocycles. The van der Waals surface area contributed by atoms with Crippen molar-refractivity contribution in [1.29, 1.82) is 0 Å². The first-order valence-corrected chi connectivity index (χ1v) is 10.0. The van der Waals surface area contributed by atoms with Crippen molar-refractivity contribution in [1.82, 2.24) is 19.8 Å². The van der Waals surface area contributed by atoms with Gasteiger partial charge in [0.05, 0.1) is 11.9 Å². The Hall–Kier alpha value is -2.90. The van der Waals surface area contributed by atoms with Gasteiger partial charge in [-0.1, -0.05) is 18.2 Å². The largest absolute Gasteiger partial charge is 0.324 e. The van der Waals surface area contributed by atoms with Crippen molar-refractivity contribution in [2.24, 2.45) is 0 Å². The van der Waals surface area contributed by atoms with Crippen molar-refractivity contribution in [2.45, 2.75) is 13.5 Å². The predicted octanol–water partition coefficient (Wildman–Crippen LogP) is 4.22. The van der Waals surface area contributed by atoms with Gasteiger partial charge in [-0.2, -0.15) is 0 Å². The molecule has 5 nitrogen and oxygen atoms in total. The van der Waals surface area contributed by atoms with Crippen LogP contribution in [0.1, 0.15) is 11.3 Å². The minimum absolute atomic E-state index is 0.232. The average Bonchev–Trinajstić information content (AvgIpc) is 2.73. The molecule has 30 heavy (non-hydrogen) atoms. The molecule has 0 bridgehead atoms. The topological polar surface area (TPSA) is 44.3 Å². The third kappa shape index (κ3) is 4.80. The van der Waals surface area contributed by atoms with E-state index in [-0.39, 0.29) is 17.5 Å². The number of hydrogen-bond donors (Lipinski definition) is 1. The summed E-state index contributed by atoms with van der Waals surface area (Å²) in [5.41, 5.74) is 3.31. The molecule has 0 amide bonds. The van der Waals surface area contributed by atoms with Crippen molar-refractivity contribution < 1.29 is 8.78 Å². The molecule has 1 aliphatic rings. The minimum atomic E-state index is -0.474. The first-order valence-electron chi connectivity index (χ1n) is 10.0. The number of piperazine rings is 1. The number of halogens is 2. The fourth-order valence-corrected chi connectivity index (χ4v) is 3.57. The Morgan fingerprint density at radius 2 is 1.80 bits per heavy atom. The maximum absolute atomic E-state index is 14.9. The van der Waals surface area contributed by atoms with Gasteiger partial charge in [-0.25, -0.2) is 18.7 Å². The molecule has 0 radical (unpaired) electrons. The van der Waals surface area contributed by atoms with Gasteiger partial charge in [0.25, 0.3) is 0 Å². The van der Waals surface area contributed by atoms with Gasteiger partial charge in [0, 0.05) is 44.0 Å². The zero-order valence-corrected chi connectivity index (χ0v) is 17.2. The maximum atomic E-state index is 14.9. The number of anilines is 2. The number of aromatic nitrogens is 2. The van der Waals surface area contributed by atoms with Crippen LogP contribution in [-0.2, 0) is 6.54 Å². The number of hydrogen-bond acceptors (Lipinski definition) is 5. The van der Waals surface area contributed by atoms with E-state index in [9.17, 15) is 8.78 Å². The lowest BCUT2D eigenvalue weighted by Crippen LogP contribution is -2.43. The molecular weight excluding hydrogens is 384 g/mol. The predicted molar refractivity (Wildman–Crippen MR) is 115 cm³/mol. The Kier molecular flexibility index (Phi) is 6.01. The minimum Gasteiger partial charge on any atom is -0.324 e. The summed E-state index contributed by atoms with van der Waals surface area (Å²) >= 11 is 0. The molecule has 3 aromatic rings. The van der Waals surface area contributed by atoms with Crippen LogP contribution in [0.4, 0.5) is 20.4 Å². The molecule has 1 aliphatic heterocycles. The highest BCUT2D eigenvalue weighted by Crippen LogP contribution is 2.27. The summed E-state index contributed by atoms with van der Waals surface area (Å²) in [5, 5.41) is 2.92. The molecule has 1 saturated heterocycles. The molecule has 156 valence electrons. The van der Waals surface area contributed by atoms with Gasteiger partial charge >= 0.3 is 0 Å². The second-order valence-corrected chi connectivity index (χ2v) is 7.73. The Labute approximate surface area is 175 Å². The second-order valence-electron chi connectivity index (χ2n) is 7.73. The maximum Gasteiger partial charge on any atom is 0.227 e. The smallest absolute Gasteiger partial charge is 0.227 e. The lowest BCUT2D eigenvalue weighted by molar-refractivity contribution is 0.148. The van der Waals surface area contributed by atoms with Crippen LogP contribution in [-0.4, -0.2) is 53.0 Å². The van der Waals surface area contributed by atoms with Gasteiger partial charge in [0.15, 0.2) is 5.82 Å². The molecule has 2 heterocycles. The van der Waals surface area contributed by atoms with Crippen molar-refractivity contribution in [2.75, 3.05) is 38.5 Å². The van der Waals surface area contributed by atoms with E-state index in [0.29, 0.717) is 11.3 Å². The Bertz CT molecular complexity index is 1030. The van der Waals surface area contributed by atoms with Crippen LogP contribution in [0.5, 0.6) is 0 Å². The fraction of sp³-hybridized carbons (Fsp3) is 0.304. The highest BCUT2D eigenvalue weighted by Gasteiger charge is 2.15. The summed E-state index contributed by atoms with van der Waals surface area (Å²) in [5.74, 6) is -0.579. The number of nitrogens with one attached hydrogen (secondary N) is 1. The van der Waals surface area contributed by atoms with E-state index in [2.05, 4.69) is 44.3 Å². The standard InChI is InChI=1S/C23H25F2N5/c1-16-22(25)14-26-23(27-16)28-19-6-7-20(21(24)13-19)18-5-3-4-17(12-18)15-30-10-8-29(2)9-11-30/h3-7,12-14H,8-11,15H2,1-2H3,(H,26,27,28). The molecule has 1 N–H and O–H groups in total. The van der Waals surface area contributed by atoms with Crippen LogP contribution in [0, 0.1) is 18.6 Å². The van der Waals surface area contributed by atoms with Crippen LogP contribution >= 0.6 is 0 Å². The number of aryl methyl sites for hydroxylation is 1. The van der Waals surface area contributed by atoms with Gasteiger partial charge in [-0.05, 0) is 49.4 Å². The van der Waals surface area contributed by atoms with E-state index >= 15 is 0 Å². The summed E-state index contributed by atoms with van der Waals surface area (Å²) in [6.45, 7) is 6.64. The average molecular weight is 409 g/mol. The van der Waals surface area contributed by atoms with Crippen molar-refractivity contribution >= 4 is 11.6 Å². The van der Waals surface area contributed by atoms with E-state index in [1.54, 1.807) is 19.1 Å². The molecule has 1 aromatic heterocycles. The second kappa shape index (κ2) is 8.85. The normalized spacial score (nSPS) is 15.3. The fourth-order valence-electron chi connectivity index (χ4n) is 3.57. The van der Waals surface area contributed by atoms with Crippen molar-refractivity contribution in [3.63, 3.8) is 0 Å². The van der Waals surface area contributed by atoms with Gasteiger partial charge in [0.1, 0.15) is 5.82 Å². The lowest BCUT2D eigenvalue weighted by Gasteiger charge is -2.32. The van der Waals surface area contributed by atoms with Crippen LogP contribution in [0.3, 0.4) is 0 Å². The quantitative estimate of drug-likeness (QED) is 0.684.